The zero-order chi connectivity index (χ0) is 18.7. The first-order chi connectivity index (χ1) is 12.3. The van der Waals surface area contributed by atoms with Crippen LogP contribution in [0.4, 0.5) is 10.1 Å². The molecule has 1 aliphatic carbocycles. The second kappa shape index (κ2) is 5.30. The van der Waals surface area contributed by atoms with Gasteiger partial charge in [0, 0.05) is 18.3 Å². The van der Waals surface area contributed by atoms with Crippen LogP contribution in [0.25, 0.3) is 0 Å². The third-order valence-electron chi connectivity index (χ3n) is 5.64. The van der Waals surface area contributed by atoms with Gasteiger partial charge in [-0.3, -0.25) is 14.8 Å². The van der Waals surface area contributed by atoms with E-state index in [0.29, 0.717) is 18.5 Å². The molecule has 136 valence electrons. The Bertz CT molecular complexity index is 938. The number of H-pyrrole nitrogens is 1. The number of aromatic nitrogens is 2. The number of hydrogen-bond acceptors (Lipinski definition) is 5. The first kappa shape index (κ1) is 16.6. The molecule has 1 aromatic heterocycles. The number of halogens is 1. The van der Waals surface area contributed by atoms with Crippen molar-refractivity contribution < 1.29 is 9.18 Å². The first-order valence-electron chi connectivity index (χ1n) is 8.45. The summed E-state index contributed by atoms with van der Waals surface area (Å²) in [5, 5.41) is 10.2. The SMILES string of the molecule is Cc1cn[nH]c1CNc1ccc(F)c([C@]23CC2(C)C(=O)N(C)C(N)=N3)c1. The Morgan fingerprint density at radius 1 is 1.46 bits per heavy atom. The molecule has 2 aliphatic rings. The number of carbonyl (C=O) groups is 1. The maximum Gasteiger partial charge on any atom is 0.237 e. The van der Waals surface area contributed by atoms with Crippen LogP contribution in [0.2, 0.25) is 0 Å². The third-order valence-corrected chi connectivity index (χ3v) is 5.64. The van der Waals surface area contributed by atoms with Crippen molar-refractivity contribution >= 4 is 17.6 Å². The molecule has 26 heavy (non-hydrogen) atoms. The summed E-state index contributed by atoms with van der Waals surface area (Å²) >= 11 is 0. The molecular formula is C18H21FN6O. The highest BCUT2D eigenvalue weighted by atomic mass is 19.1. The molecule has 1 saturated carbocycles. The summed E-state index contributed by atoms with van der Waals surface area (Å²) in [5.41, 5.74) is 7.37. The van der Waals surface area contributed by atoms with Crippen LogP contribution in [-0.2, 0) is 16.9 Å². The van der Waals surface area contributed by atoms with E-state index in [-0.39, 0.29) is 17.7 Å². The number of fused-ring (bicyclic) bond motifs is 1. The van der Waals surface area contributed by atoms with Gasteiger partial charge in [-0.1, -0.05) is 0 Å². The quantitative estimate of drug-likeness (QED) is 0.778. The van der Waals surface area contributed by atoms with Gasteiger partial charge in [0.25, 0.3) is 0 Å². The number of carbonyl (C=O) groups excluding carboxylic acids is 1. The lowest BCUT2D eigenvalue weighted by molar-refractivity contribution is -0.132. The van der Waals surface area contributed by atoms with E-state index in [0.717, 1.165) is 16.9 Å². The topological polar surface area (TPSA) is 99.4 Å². The van der Waals surface area contributed by atoms with Crippen molar-refractivity contribution in [3.8, 4) is 0 Å². The van der Waals surface area contributed by atoms with Crippen molar-refractivity contribution in [2.75, 3.05) is 12.4 Å². The van der Waals surface area contributed by atoms with Gasteiger partial charge in [-0.2, -0.15) is 5.10 Å². The Hall–Kier alpha value is -2.90. The maximum atomic E-state index is 14.6. The molecule has 2 atom stereocenters. The number of aryl methyl sites for hydroxylation is 1. The minimum Gasteiger partial charge on any atom is -0.379 e. The van der Waals surface area contributed by atoms with Gasteiger partial charge in [-0.05, 0) is 44.0 Å². The van der Waals surface area contributed by atoms with Gasteiger partial charge < -0.3 is 11.1 Å². The Labute approximate surface area is 150 Å². The van der Waals surface area contributed by atoms with Gasteiger partial charge in [0.1, 0.15) is 11.4 Å². The van der Waals surface area contributed by atoms with Crippen molar-refractivity contribution in [2.24, 2.45) is 16.1 Å². The average molecular weight is 356 g/mol. The fourth-order valence-electron chi connectivity index (χ4n) is 3.77. The summed E-state index contributed by atoms with van der Waals surface area (Å²) in [5.74, 6) is -0.391. The molecule has 0 bridgehead atoms. The third kappa shape index (κ3) is 2.14. The minimum atomic E-state index is -0.924. The number of nitrogens with two attached hydrogens (primary N) is 1. The van der Waals surface area contributed by atoms with Crippen LogP contribution in [-0.4, -0.2) is 34.0 Å². The molecule has 4 rings (SSSR count). The largest absolute Gasteiger partial charge is 0.379 e. The standard InChI is InChI=1S/C18H21FN6O/c1-10-7-22-24-14(10)8-21-11-4-5-13(19)12(6-11)18-9-17(18,2)15(26)25(3)16(20)23-18/h4-7,21H,8-9H2,1-3H3,(H2,20,23)(H,22,24)/t17?,18-/m1/s1. The average Bonchev–Trinajstić information content (AvgIpc) is 3.02. The summed E-state index contributed by atoms with van der Waals surface area (Å²) in [4.78, 5) is 18.5. The Balaban J connectivity index is 1.68. The van der Waals surface area contributed by atoms with E-state index in [4.69, 9.17) is 5.73 Å². The Morgan fingerprint density at radius 3 is 2.92 bits per heavy atom. The van der Waals surface area contributed by atoms with Crippen molar-refractivity contribution in [3.05, 3.63) is 47.0 Å². The molecule has 8 heteroatoms. The predicted molar refractivity (Wildman–Crippen MR) is 95.8 cm³/mol. The lowest BCUT2D eigenvalue weighted by atomic mass is 9.92. The van der Waals surface area contributed by atoms with Crippen LogP contribution in [0.5, 0.6) is 0 Å². The summed E-state index contributed by atoms with van der Waals surface area (Å²) in [6.07, 6.45) is 2.20. The summed E-state index contributed by atoms with van der Waals surface area (Å²) < 4.78 is 14.6. The van der Waals surface area contributed by atoms with Crippen LogP contribution in [0.3, 0.4) is 0 Å². The highest BCUT2D eigenvalue weighted by molar-refractivity contribution is 6.04. The molecule has 1 aromatic carbocycles. The van der Waals surface area contributed by atoms with Crippen molar-refractivity contribution in [2.45, 2.75) is 32.4 Å². The normalized spacial score (nSPS) is 27.2. The molecule has 1 unspecified atom stereocenters. The molecule has 7 nitrogen and oxygen atoms in total. The highest BCUT2D eigenvalue weighted by Crippen LogP contribution is 2.68. The van der Waals surface area contributed by atoms with E-state index in [9.17, 15) is 9.18 Å². The molecule has 1 fully saturated rings. The number of aliphatic imine (C=N–C) groups is 1. The van der Waals surface area contributed by atoms with E-state index in [2.05, 4.69) is 20.5 Å². The molecular weight excluding hydrogens is 335 g/mol. The molecule has 2 heterocycles. The Kier molecular flexibility index (Phi) is 3.37. The molecule has 0 radical (unpaired) electrons. The number of aromatic amines is 1. The van der Waals surface area contributed by atoms with Crippen molar-refractivity contribution in [3.63, 3.8) is 0 Å². The van der Waals surface area contributed by atoms with E-state index >= 15 is 0 Å². The Morgan fingerprint density at radius 2 is 2.23 bits per heavy atom. The number of hydrogen-bond donors (Lipinski definition) is 3. The van der Waals surface area contributed by atoms with E-state index in [1.165, 1.54) is 11.0 Å². The number of guanidine groups is 1. The summed E-state index contributed by atoms with van der Waals surface area (Å²) in [6.45, 7) is 4.32. The lowest BCUT2D eigenvalue weighted by Gasteiger charge is -2.30. The highest BCUT2D eigenvalue weighted by Gasteiger charge is 2.74. The van der Waals surface area contributed by atoms with Crippen LogP contribution >= 0.6 is 0 Å². The number of nitrogens with one attached hydrogen (secondary N) is 2. The van der Waals surface area contributed by atoms with Crippen LogP contribution in [0.1, 0.15) is 30.2 Å². The first-order valence-corrected chi connectivity index (χ1v) is 8.45. The van der Waals surface area contributed by atoms with Gasteiger partial charge in [-0.15, -0.1) is 0 Å². The molecule has 0 saturated heterocycles. The predicted octanol–water partition coefficient (Wildman–Crippen LogP) is 1.86. The van der Waals surface area contributed by atoms with Crippen molar-refractivity contribution in [1.82, 2.24) is 15.1 Å². The summed E-state index contributed by atoms with van der Waals surface area (Å²) in [7, 11) is 1.59. The van der Waals surface area contributed by atoms with Gasteiger partial charge in [-0.25, -0.2) is 9.38 Å². The summed E-state index contributed by atoms with van der Waals surface area (Å²) in [6, 6.07) is 4.80. The molecule has 4 N–H and O–H groups in total. The second-order valence-electron chi connectivity index (χ2n) is 7.28. The number of benzene rings is 1. The maximum absolute atomic E-state index is 14.6. The molecule has 1 aliphatic heterocycles. The van der Waals surface area contributed by atoms with Crippen LogP contribution in [0, 0.1) is 18.2 Å². The van der Waals surface area contributed by atoms with Gasteiger partial charge in [0.2, 0.25) is 5.91 Å². The fourth-order valence-corrected chi connectivity index (χ4v) is 3.77. The van der Waals surface area contributed by atoms with E-state index in [1.54, 1.807) is 25.4 Å². The monoisotopic (exact) mass is 356 g/mol. The zero-order valence-corrected chi connectivity index (χ0v) is 14.9. The number of anilines is 1. The van der Waals surface area contributed by atoms with Gasteiger partial charge in [0.05, 0.1) is 23.9 Å². The number of rotatable bonds is 4. The second-order valence-corrected chi connectivity index (χ2v) is 7.28. The van der Waals surface area contributed by atoms with E-state index in [1.807, 2.05) is 13.8 Å². The van der Waals surface area contributed by atoms with Crippen molar-refractivity contribution in [1.29, 1.82) is 0 Å². The zero-order valence-electron chi connectivity index (χ0n) is 14.9. The number of amides is 1. The lowest BCUT2D eigenvalue weighted by Crippen LogP contribution is -2.48. The fraction of sp³-hybridized carbons (Fsp3) is 0.389. The van der Waals surface area contributed by atoms with Gasteiger partial charge >= 0.3 is 0 Å². The molecule has 1 amide bonds. The van der Waals surface area contributed by atoms with E-state index < -0.39 is 11.0 Å². The number of nitrogens with zero attached hydrogens (tertiary/aromatic N) is 3. The smallest absolute Gasteiger partial charge is 0.237 e. The van der Waals surface area contributed by atoms with Gasteiger partial charge in [0.15, 0.2) is 5.96 Å². The van der Waals surface area contributed by atoms with Crippen LogP contribution in [0.15, 0.2) is 29.4 Å². The molecule has 2 aromatic rings. The van der Waals surface area contributed by atoms with Crippen LogP contribution < -0.4 is 11.1 Å². The minimum absolute atomic E-state index is 0.121. The molecule has 0 spiro atoms.